The van der Waals surface area contributed by atoms with Crippen LogP contribution in [0, 0.1) is 0 Å². The van der Waals surface area contributed by atoms with Gasteiger partial charge in [0, 0.05) is 30.0 Å². The van der Waals surface area contributed by atoms with Crippen LogP contribution in [0.5, 0.6) is 0 Å². The molecule has 0 amide bonds. The lowest BCUT2D eigenvalue weighted by atomic mass is 10.4. The molecule has 0 aromatic carbocycles. The minimum absolute atomic E-state index is 0.724. The van der Waals surface area contributed by atoms with Gasteiger partial charge in [-0.1, -0.05) is 0 Å². The van der Waals surface area contributed by atoms with Crippen molar-refractivity contribution in [2.24, 2.45) is 0 Å². The molecule has 1 fully saturated rings. The van der Waals surface area contributed by atoms with E-state index in [1.165, 1.54) is 17.8 Å². The molecule has 0 saturated heterocycles. The molecule has 1 aromatic heterocycles. The van der Waals surface area contributed by atoms with E-state index in [-0.39, 0.29) is 0 Å². The number of aromatic nitrogens is 1. The van der Waals surface area contributed by atoms with E-state index in [9.17, 15) is 0 Å². The van der Waals surface area contributed by atoms with Gasteiger partial charge in [-0.2, -0.15) is 0 Å². The molecule has 0 atom stereocenters. The van der Waals surface area contributed by atoms with Crippen molar-refractivity contribution in [1.82, 2.24) is 9.88 Å². The molecule has 72 valence electrons. The van der Waals surface area contributed by atoms with E-state index in [1.54, 1.807) is 11.3 Å². The van der Waals surface area contributed by atoms with E-state index in [1.807, 2.05) is 11.6 Å². The Labute approximate surface area is 87.5 Å². The first-order valence-corrected chi connectivity index (χ1v) is 6.00. The molecule has 0 spiro atoms. The fraction of sp³-hybridized carbons (Fsp3) is 0.667. The third-order valence-electron chi connectivity index (χ3n) is 2.26. The molecule has 1 heterocycles. The van der Waals surface area contributed by atoms with Crippen molar-refractivity contribution in [3.8, 4) is 0 Å². The molecule has 2 rings (SSSR count). The molecule has 0 bridgehead atoms. The molecule has 1 saturated carbocycles. The lowest BCUT2D eigenvalue weighted by Gasteiger charge is -2.18. The first kappa shape index (κ1) is 9.44. The van der Waals surface area contributed by atoms with Crippen molar-refractivity contribution in [3.05, 3.63) is 16.6 Å². The molecule has 13 heavy (non-hydrogen) atoms. The Morgan fingerprint density at radius 3 is 3.00 bits per heavy atom. The van der Waals surface area contributed by atoms with Crippen LogP contribution in [-0.4, -0.2) is 28.4 Å². The van der Waals surface area contributed by atoms with Crippen molar-refractivity contribution in [2.45, 2.75) is 25.4 Å². The lowest BCUT2D eigenvalue weighted by Crippen LogP contribution is -2.27. The average Bonchev–Trinajstić information content (AvgIpc) is 2.85. The standard InChI is InChI=1S/C9H13ClN2S/c10-3-5-12(8-1-2-8)7-9-11-4-6-13-9/h4,6,8H,1-3,5,7H2. The summed E-state index contributed by atoms with van der Waals surface area (Å²) in [5.74, 6) is 0.724. The topological polar surface area (TPSA) is 16.1 Å². The number of rotatable bonds is 5. The van der Waals surface area contributed by atoms with Crippen LogP contribution in [0.25, 0.3) is 0 Å². The molecular formula is C9H13ClN2S. The second-order valence-electron chi connectivity index (χ2n) is 3.32. The predicted molar refractivity (Wildman–Crippen MR) is 56.3 cm³/mol. The van der Waals surface area contributed by atoms with Gasteiger partial charge in [-0.15, -0.1) is 22.9 Å². The van der Waals surface area contributed by atoms with Gasteiger partial charge < -0.3 is 0 Å². The molecular weight excluding hydrogens is 204 g/mol. The molecule has 1 aliphatic carbocycles. The summed E-state index contributed by atoms with van der Waals surface area (Å²) in [5, 5.41) is 3.23. The molecule has 1 aromatic rings. The summed E-state index contributed by atoms with van der Waals surface area (Å²) in [4.78, 5) is 6.72. The monoisotopic (exact) mass is 216 g/mol. The summed E-state index contributed by atoms with van der Waals surface area (Å²) < 4.78 is 0. The summed E-state index contributed by atoms with van der Waals surface area (Å²) in [6, 6.07) is 0.780. The Morgan fingerprint density at radius 2 is 2.46 bits per heavy atom. The average molecular weight is 217 g/mol. The quantitative estimate of drug-likeness (QED) is 0.703. The van der Waals surface area contributed by atoms with E-state index in [0.717, 1.165) is 25.0 Å². The number of alkyl halides is 1. The van der Waals surface area contributed by atoms with Gasteiger partial charge in [0.15, 0.2) is 0 Å². The van der Waals surface area contributed by atoms with Gasteiger partial charge >= 0.3 is 0 Å². The summed E-state index contributed by atoms with van der Waals surface area (Å²) in [5.41, 5.74) is 0. The Hall–Kier alpha value is -0.120. The maximum Gasteiger partial charge on any atom is 0.107 e. The van der Waals surface area contributed by atoms with Gasteiger partial charge in [0.25, 0.3) is 0 Å². The summed E-state index contributed by atoms with van der Waals surface area (Å²) in [6.45, 7) is 1.97. The zero-order valence-electron chi connectivity index (χ0n) is 7.45. The van der Waals surface area contributed by atoms with E-state index < -0.39 is 0 Å². The zero-order chi connectivity index (χ0) is 9.10. The van der Waals surface area contributed by atoms with Crippen LogP contribution in [0.4, 0.5) is 0 Å². The zero-order valence-corrected chi connectivity index (χ0v) is 9.02. The van der Waals surface area contributed by atoms with E-state index >= 15 is 0 Å². The second-order valence-corrected chi connectivity index (χ2v) is 4.67. The van der Waals surface area contributed by atoms with E-state index in [0.29, 0.717) is 0 Å². The minimum Gasteiger partial charge on any atom is -0.293 e. The molecule has 2 nitrogen and oxygen atoms in total. The summed E-state index contributed by atoms with van der Waals surface area (Å²) in [7, 11) is 0. The van der Waals surface area contributed by atoms with E-state index in [4.69, 9.17) is 11.6 Å². The Bertz CT molecular complexity index is 246. The fourth-order valence-corrected chi connectivity index (χ4v) is 2.30. The normalized spacial score (nSPS) is 16.8. The minimum atomic E-state index is 0.724. The van der Waals surface area contributed by atoms with Crippen LogP contribution in [0.3, 0.4) is 0 Å². The highest BCUT2D eigenvalue weighted by Gasteiger charge is 2.28. The number of hydrogen-bond acceptors (Lipinski definition) is 3. The molecule has 0 N–H and O–H groups in total. The third-order valence-corrected chi connectivity index (χ3v) is 3.19. The molecule has 1 aliphatic rings. The van der Waals surface area contributed by atoms with Gasteiger partial charge in [0.1, 0.15) is 5.01 Å². The summed E-state index contributed by atoms with van der Waals surface area (Å²) in [6.07, 6.45) is 4.54. The Morgan fingerprint density at radius 1 is 1.62 bits per heavy atom. The highest BCUT2D eigenvalue weighted by molar-refractivity contribution is 7.09. The molecule has 4 heteroatoms. The van der Waals surface area contributed by atoms with Crippen molar-refractivity contribution in [2.75, 3.05) is 12.4 Å². The van der Waals surface area contributed by atoms with Gasteiger partial charge in [-0.05, 0) is 12.8 Å². The Kier molecular flexibility index (Phi) is 3.19. The maximum atomic E-state index is 5.75. The largest absolute Gasteiger partial charge is 0.293 e. The first-order valence-electron chi connectivity index (χ1n) is 4.58. The highest BCUT2D eigenvalue weighted by Crippen LogP contribution is 2.28. The van der Waals surface area contributed by atoms with Crippen LogP contribution in [0.15, 0.2) is 11.6 Å². The van der Waals surface area contributed by atoms with Gasteiger partial charge in [-0.3, -0.25) is 4.90 Å². The Balaban J connectivity index is 1.89. The van der Waals surface area contributed by atoms with Crippen LogP contribution >= 0.6 is 22.9 Å². The first-order chi connectivity index (χ1) is 6.40. The van der Waals surface area contributed by atoms with Gasteiger partial charge in [0.2, 0.25) is 0 Å². The lowest BCUT2D eigenvalue weighted by molar-refractivity contribution is 0.270. The number of thiazole rings is 1. The fourth-order valence-electron chi connectivity index (χ4n) is 1.44. The smallest absolute Gasteiger partial charge is 0.107 e. The van der Waals surface area contributed by atoms with Crippen molar-refractivity contribution in [1.29, 1.82) is 0 Å². The number of halogens is 1. The predicted octanol–water partition coefficient (Wildman–Crippen LogP) is 2.35. The van der Waals surface area contributed by atoms with Crippen LogP contribution in [0.2, 0.25) is 0 Å². The van der Waals surface area contributed by atoms with Crippen LogP contribution in [-0.2, 0) is 6.54 Å². The van der Waals surface area contributed by atoms with Crippen molar-refractivity contribution >= 4 is 22.9 Å². The number of nitrogens with zero attached hydrogens (tertiary/aromatic N) is 2. The van der Waals surface area contributed by atoms with Crippen molar-refractivity contribution in [3.63, 3.8) is 0 Å². The SMILES string of the molecule is ClCCN(Cc1nccs1)C1CC1. The van der Waals surface area contributed by atoms with Crippen LogP contribution in [0.1, 0.15) is 17.8 Å². The number of hydrogen-bond donors (Lipinski definition) is 0. The maximum absolute atomic E-state index is 5.75. The molecule has 0 aliphatic heterocycles. The van der Waals surface area contributed by atoms with Crippen molar-refractivity contribution < 1.29 is 0 Å². The van der Waals surface area contributed by atoms with Gasteiger partial charge in [-0.25, -0.2) is 4.98 Å². The van der Waals surface area contributed by atoms with Gasteiger partial charge in [0.05, 0.1) is 6.54 Å². The van der Waals surface area contributed by atoms with E-state index in [2.05, 4.69) is 9.88 Å². The summed E-state index contributed by atoms with van der Waals surface area (Å²) >= 11 is 7.48. The molecule has 0 unspecified atom stereocenters. The third kappa shape index (κ3) is 2.66. The highest BCUT2D eigenvalue weighted by atomic mass is 35.5. The molecule has 0 radical (unpaired) electrons. The second kappa shape index (κ2) is 4.40. The van der Waals surface area contributed by atoms with Crippen LogP contribution < -0.4 is 0 Å².